The minimum absolute atomic E-state index is 0.103. The van der Waals surface area contributed by atoms with E-state index in [1.807, 2.05) is 0 Å². The van der Waals surface area contributed by atoms with Crippen LogP contribution < -0.4 is 10.8 Å². The predicted molar refractivity (Wildman–Crippen MR) is 63.7 cm³/mol. The molecule has 15 heavy (non-hydrogen) atoms. The molecule has 1 heterocycles. The second-order valence-corrected chi connectivity index (χ2v) is 5.62. The predicted octanol–water partition coefficient (Wildman–Crippen LogP) is 2.23. The molecule has 2 atom stereocenters. The van der Waals surface area contributed by atoms with Crippen molar-refractivity contribution in [1.29, 1.82) is 0 Å². The Hall–Kier alpha value is -0.120. The Labute approximate surface area is 93.9 Å². The maximum Gasteiger partial charge on any atom is 0.0813 e. The number of nitrogens with one attached hydrogen (secondary N) is 2. The number of piperidine rings is 1. The molecule has 0 bridgehead atoms. The monoisotopic (exact) mass is 214 g/mol. The Morgan fingerprint density at radius 2 is 2.13 bits per heavy atom. The van der Waals surface area contributed by atoms with Crippen LogP contribution in [0.5, 0.6) is 0 Å². The summed E-state index contributed by atoms with van der Waals surface area (Å²) >= 11 is 0. The lowest BCUT2D eigenvalue weighted by Crippen LogP contribution is -2.42. The average Bonchev–Trinajstić information content (AvgIpc) is 2.15. The van der Waals surface area contributed by atoms with Gasteiger partial charge < -0.3 is 5.32 Å². The van der Waals surface area contributed by atoms with Crippen LogP contribution in [-0.4, -0.2) is 24.2 Å². The third kappa shape index (κ3) is 6.13. The van der Waals surface area contributed by atoms with Crippen molar-refractivity contribution in [3.8, 4) is 0 Å². The molecule has 1 aliphatic heterocycles. The molecule has 1 aliphatic rings. The van der Waals surface area contributed by atoms with Gasteiger partial charge in [-0.05, 0) is 53.5 Å². The first-order valence-corrected chi connectivity index (χ1v) is 6.14. The lowest BCUT2D eigenvalue weighted by atomic mass is 9.99. The van der Waals surface area contributed by atoms with Gasteiger partial charge in [-0.25, -0.2) is 0 Å². The molecule has 2 unspecified atom stereocenters. The van der Waals surface area contributed by atoms with E-state index in [2.05, 4.69) is 38.5 Å². The van der Waals surface area contributed by atoms with E-state index < -0.39 is 0 Å². The lowest BCUT2D eigenvalue weighted by Gasteiger charge is -2.28. The number of hydrogen-bond donors (Lipinski definition) is 2. The van der Waals surface area contributed by atoms with Crippen molar-refractivity contribution in [2.45, 2.75) is 71.1 Å². The highest BCUT2D eigenvalue weighted by Gasteiger charge is 2.17. The van der Waals surface area contributed by atoms with Gasteiger partial charge in [0.1, 0.15) is 0 Å². The molecule has 1 rings (SSSR count). The fourth-order valence-corrected chi connectivity index (χ4v) is 1.88. The molecule has 3 heteroatoms. The highest BCUT2D eigenvalue weighted by atomic mass is 16.7. The fourth-order valence-electron chi connectivity index (χ4n) is 1.88. The largest absolute Gasteiger partial charge is 0.314 e. The molecular formula is C12H26N2O. The van der Waals surface area contributed by atoms with Crippen LogP contribution in [0, 0.1) is 0 Å². The molecular weight excluding hydrogens is 188 g/mol. The van der Waals surface area contributed by atoms with E-state index in [9.17, 15) is 0 Å². The summed E-state index contributed by atoms with van der Waals surface area (Å²) in [6.07, 6.45) is 5.15. The van der Waals surface area contributed by atoms with Gasteiger partial charge in [0.25, 0.3) is 0 Å². The van der Waals surface area contributed by atoms with Gasteiger partial charge in [-0.15, -0.1) is 0 Å². The van der Waals surface area contributed by atoms with Crippen molar-refractivity contribution in [2.75, 3.05) is 6.54 Å². The molecule has 0 radical (unpaired) electrons. The minimum Gasteiger partial charge on any atom is -0.314 e. The third-order valence-electron chi connectivity index (χ3n) is 2.62. The fraction of sp³-hybridized carbons (Fsp3) is 1.00. The van der Waals surface area contributed by atoms with Crippen molar-refractivity contribution in [1.82, 2.24) is 10.8 Å². The molecule has 0 saturated carbocycles. The maximum absolute atomic E-state index is 5.55. The first-order valence-electron chi connectivity index (χ1n) is 6.14. The molecule has 0 amide bonds. The van der Waals surface area contributed by atoms with Crippen LogP contribution in [0.25, 0.3) is 0 Å². The van der Waals surface area contributed by atoms with Gasteiger partial charge in [-0.3, -0.25) is 4.84 Å². The summed E-state index contributed by atoms with van der Waals surface area (Å²) in [5.41, 5.74) is 3.03. The van der Waals surface area contributed by atoms with Crippen LogP contribution in [0.15, 0.2) is 0 Å². The van der Waals surface area contributed by atoms with Gasteiger partial charge in [-0.1, -0.05) is 6.42 Å². The van der Waals surface area contributed by atoms with Crippen molar-refractivity contribution in [3.63, 3.8) is 0 Å². The van der Waals surface area contributed by atoms with Gasteiger partial charge in [-0.2, -0.15) is 5.48 Å². The van der Waals surface area contributed by atoms with E-state index in [-0.39, 0.29) is 5.60 Å². The molecule has 2 N–H and O–H groups in total. The van der Waals surface area contributed by atoms with Crippen molar-refractivity contribution in [3.05, 3.63) is 0 Å². The third-order valence-corrected chi connectivity index (χ3v) is 2.62. The summed E-state index contributed by atoms with van der Waals surface area (Å²) in [6, 6.07) is 1.09. The summed E-state index contributed by atoms with van der Waals surface area (Å²) in [5, 5.41) is 3.55. The van der Waals surface area contributed by atoms with Crippen LogP contribution in [-0.2, 0) is 4.84 Å². The maximum atomic E-state index is 5.55. The second-order valence-electron chi connectivity index (χ2n) is 5.62. The Bertz CT molecular complexity index is 171. The lowest BCUT2D eigenvalue weighted by molar-refractivity contribution is -0.0879. The van der Waals surface area contributed by atoms with E-state index in [0.29, 0.717) is 12.1 Å². The van der Waals surface area contributed by atoms with E-state index in [1.165, 1.54) is 25.8 Å². The molecule has 0 spiro atoms. The topological polar surface area (TPSA) is 33.3 Å². The molecule has 90 valence electrons. The minimum atomic E-state index is -0.103. The van der Waals surface area contributed by atoms with Crippen molar-refractivity contribution in [2.24, 2.45) is 0 Å². The van der Waals surface area contributed by atoms with Crippen LogP contribution in [0.3, 0.4) is 0 Å². The number of hydrogen-bond acceptors (Lipinski definition) is 3. The first-order chi connectivity index (χ1) is 6.97. The standard InChI is InChI=1S/C12H26N2O/c1-10(14-15-12(2,3)4)9-11-7-5-6-8-13-11/h10-11,13-14H,5-9H2,1-4H3. The van der Waals surface area contributed by atoms with Crippen LogP contribution in [0.1, 0.15) is 53.4 Å². The first kappa shape index (κ1) is 12.9. The second kappa shape index (κ2) is 5.83. The molecule has 0 aromatic rings. The normalized spacial score (nSPS) is 25.2. The van der Waals surface area contributed by atoms with E-state index in [0.717, 1.165) is 6.42 Å². The smallest absolute Gasteiger partial charge is 0.0813 e. The van der Waals surface area contributed by atoms with E-state index in [4.69, 9.17) is 4.84 Å². The van der Waals surface area contributed by atoms with Crippen LogP contribution >= 0.6 is 0 Å². The average molecular weight is 214 g/mol. The van der Waals surface area contributed by atoms with Gasteiger partial charge in [0, 0.05) is 12.1 Å². The molecule has 0 aliphatic carbocycles. The summed E-state index contributed by atoms with van der Waals surface area (Å²) in [6.45, 7) is 9.54. The highest BCUT2D eigenvalue weighted by molar-refractivity contribution is 4.75. The van der Waals surface area contributed by atoms with Crippen LogP contribution in [0.4, 0.5) is 0 Å². The Morgan fingerprint density at radius 3 is 2.67 bits per heavy atom. The van der Waals surface area contributed by atoms with E-state index >= 15 is 0 Å². The Morgan fingerprint density at radius 1 is 1.40 bits per heavy atom. The molecule has 0 aromatic carbocycles. The number of rotatable bonds is 4. The Balaban J connectivity index is 2.14. The summed E-state index contributed by atoms with van der Waals surface area (Å²) < 4.78 is 0. The molecule has 1 saturated heterocycles. The van der Waals surface area contributed by atoms with E-state index in [1.54, 1.807) is 0 Å². The molecule has 3 nitrogen and oxygen atoms in total. The Kier molecular flexibility index (Phi) is 5.03. The van der Waals surface area contributed by atoms with Gasteiger partial charge in [0.2, 0.25) is 0 Å². The highest BCUT2D eigenvalue weighted by Crippen LogP contribution is 2.12. The molecule has 0 aromatic heterocycles. The SMILES string of the molecule is CC(CC1CCCCN1)NOC(C)(C)C. The number of hydroxylamine groups is 1. The van der Waals surface area contributed by atoms with Gasteiger partial charge in [0.05, 0.1) is 5.60 Å². The zero-order valence-electron chi connectivity index (χ0n) is 10.6. The van der Waals surface area contributed by atoms with Crippen LogP contribution in [0.2, 0.25) is 0 Å². The zero-order valence-corrected chi connectivity index (χ0v) is 10.6. The zero-order chi connectivity index (χ0) is 11.3. The summed E-state index contributed by atoms with van der Waals surface area (Å²) in [5.74, 6) is 0. The van der Waals surface area contributed by atoms with Crippen molar-refractivity contribution < 1.29 is 4.84 Å². The summed E-state index contributed by atoms with van der Waals surface area (Å²) in [4.78, 5) is 5.55. The summed E-state index contributed by atoms with van der Waals surface area (Å²) in [7, 11) is 0. The van der Waals surface area contributed by atoms with Gasteiger partial charge >= 0.3 is 0 Å². The quantitative estimate of drug-likeness (QED) is 0.704. The van der Waals surface area contributed by atoms with Crippen molar-refractivity contribution >= 4 is 0 Å². The molecule has 1 fully saturated rings. The van der Waals surface area contributed by atoms with Gasteiger partial charge in [0.15, 0.2) is 0 Å².